The average Bonchev–Trinajstić information content (AvgIpc) is 3.04. The van der Waals surface area contributed by atoms with Crippen LogP contribution in [0.5, 0.6) is 0 Å². The van der Waals surface area contributed by atoms with Gasteiger partial charge < -0.3 is 24.7 Å². The summed E-state index contributed by atoms with van der Waals surface area (Å²) in [6.07, 6.45) is 19.8. The van der Waals surface area contributed by atoms with Crippen LogP contribution < -0.4 is 18.9 Å². The maximum Gasteiger partial charge on any atom is 0.169 e. The van der Waals surface area contributed by atoms with E-state index in [1.807, 2.05) is 0 Å². The van der Waals surface area contributed by atoms with E-state index in [1.54, 1.807) is 0 Å². The van der Waals surface area contributed by atoms with Gasteiger partial charge in [-0.25, -0.2) is 9.13 Å². The van der Waals surface area contributed by atoms with Gasteiger partial charge in [0.15, 0.2) is 24.8 Å². The summed E-state index contributed by atoms with van der Waals surface area (Å²) in [7, 11) is 0. The maximum atomic E-state index is 2.37. The number of aromatic nitrogens is 2. The van der Waals surface area contributed by atoms with Gasteiger partial charge in [-0.05, 0) is 74.2 Å². The highest BCUT2D eigenvalue weighted by Gasteiger charge is 2.05. The SMILES string of the molecule is CCN(CC)c1ccc(/C=C/c2cc[n+](CCCC[n+]3ccc(/C=C/c4ccc(N(CC)CC)cc4)cc3)cc2)cc1.[CH3-].[CH3-]. The van der Waals surface area contributed by atoms with E-state index in [0.29, 0.717) is 0 Å². The van der Waals surface area contributed by atoms with Gasteiger partial charge in [-0.15, -0.1) is 0 Å². The first-order valence-corrected chi connectivity index (χ1v) is 15.7. The Kier molecular flexibility index (Phi) is 15.7. The quantitative estimate of drug-likeness (QED) is 0.0781. The van der Waals surface area contributed by atoms with Crippen LogP contribution in [0.25, 0.3) is 24.3 Å². The molecule has 0 saturated heterocycles. The van der Waals surface area contributed by atoms with E-state index < -0.39 is 0 Å². The van der Waals surface area contributed by atoms with E-state index in [9.17, 15) is 0 Å². The summed E-state index contributed by atoms with van der Waals surface area (Å²) in [5, 5.41) is 0. The summed E-state index contributed by atoms with van der Waals surface area (Å²) in [4.78, 5) is 4.73. The highest BCUT2D eigenvalue weighted by Crippen LogP contribution is 2.18. The second-order valence-corrected chi connectivity index (χ2v) is 10.6. The summed E-state index contributed by atoms with van der Waals surface area (Å²) < 4.78 is 4.56. The first-order chi connectivity index (χ1) is 20.6. The number of hydrogen-bond acceptors (Lipinski definition) is 2. The Hall–Kier alpha value is -4.18. The van der Waals surface area contributed by atoms with Gasteiger partial charge >= 0.3 is 0 Å². The molecule has 4 aromatic rings. The Labute approximate surface area is 268 Å². The van der Waals surface area contributed by atoms with Crippen LogP contribution in [0.3, 0.4) is 0 Å². The fourth-order valence-corrected chi connectivity index (χ4v) is 5.20. The fraction of sp³-hybridized carbons (Fsp3) is 0.300. The van der Waals surface area contributed by atoms with E-state index in [1.165, 1.54) is 33.6 Å². The molecule has 4 heteroatoms. The Bertz CT molecular complexity index is 1270. The van der Waals surface area contributed by atoms with Crippen molar-refractivity contribution >= 4 is 35.7 Å². The van der Waals surface area contributed by atoms with Gasteiger partial charge in [0, 0.05) is 74.7 Å². The molecule has 234 valence electrons. The van der Waals surface area contributed by atoms with Crippen LogP contribution in [0, 0.1) is 14.9 Å². The summed E-state index contributed by atoms with van der Waals surface area (Å²) in [6, 6.07) is 26.4. The lowest BCUT2D eigenvalue weighted by atomic mass is 10.1. The zero-order valence-electron chi connectivity index (χ0n) is 28.0. The Morgan fingerprint density at radius 3 is 0.977 bits per heavy atom. The van der Waals surface area contributed by atoms with Crippen molar-refractivity contribution in [3.05, 3.63) is 135 Å². The Morgan fingerprint density at radius 2 is 0.705 bits per heavy atom. The second-order valence-electron chi connectivity index (χ2n) is 10.6. The van der Waals surface area contributed by atoms with E-state index in [0.717, 1.165) is 52.1 Å². The van der Waals surface area contributed by atoms with Crippen LogP contribution in [0.2, 0.25) is 0 Å². The van der Waals surface area contributed by atoms with Crippen molar-refractivity contribution in [3.63, 3.8) is 0 Å². The molecule has 4 rings (SSSR count). The summed E-state index contributed by atoms with van der Waals surface area (Å²) >= 11 is 0. The molecule has 0 aliphatic carbocycles. The molecule has 0 fully saturated rings. The van der Waals surface area contributed by atoms with Crippen LogP contribution in [0.4, 0.5) is 11.4 Å². The summed E-state index contributed by atoms with van der Waals surface area (Å²) in [6.45, 7) is 15.0. The number of hydrogen-bond donors (Lipinski definition) is 0. The van der Waals surface area contributed by atoms with Crippen LogP contribution in [-0.4, -0.2) is 26.2 Å². The monoisotopic (exact) mass is 590 g/mol. The third-order valence-electron chi connectivity index (χ3n) is 7.90. The second kappa shape index (κ2) is 19.2. The van der Waals surface area contributed by atoms with Crippen LogP contribution in [0.1, 0.15) is 62.8 Å². The van der Waals surface area contributed by atoms with Crippen molar-refractivity contribution < 1.29 is 9.13 Å². The lowest BCUT2D eigenvalue weighted by Crippen LogP contribution is -2.35. The third kappa shape index (κ3) is 10.8. The fourth-order valence-electron chi connectivity index (χ4n) is 5.20. The molecule has 0 atom stereocenters. The largest absolute Gasteiger partial charge is 0.372 e. The van der Waals surface area contributed by atoms with Crippen molar-refractivity contribution in [1.29, 1.82) is 0 Å². The average molecular weight is 591 g/mol. The predicted molar refractivity (Wildman–Crippen MR) is 193 cm³/mol. The number of rotatable bonds is 15. The number of aryl methyl sites for hydroxylation is 2. The normalized spacial score (nSPS) is 10.9. The molecule has 0 spiro atoms. The molecule has 0 aliphatic rings. The highest BCUT2D eigenvalue weighted by atomic mass is 15.1. The van der Waals surface area contributed by atoms with Gasteiger partial charge in [0.1, 0.15) is 13.1 Å². The Balaban J connectivity index is 0.00000337. The number of benzene rings is 2. The molecule has 44 heavy (non-hydrogen) atoms. The molecule has 0 N–H and O–H groups in total. The minimum Gasteiger partial charge on any atom is -0.372 e. The summed E-state index contributed by atoms with van der Waals surface area (Å²) in [5.74, 6) is 0. The van der Waals surface area contributed by atoms with Gasteiger partial charge in [0.05, 0.1) is 0 Å². The number of nitrogens with zero attached hydrogens (tertiary/aromatic N) is 4. The minimum atomic E-state index is 0. The van der Waals surface area contributed by atoms with Gasteiger partial charge in [0.2, 0.25) is 0 Å². The maximum absolute atomic E-state index is 2.37. The van der Waals surface area contributed by atoms with Crippen LogP contribution >= 0.6 is 0 Å². The predicted octanol–water partition coefficient (Wildman–Crippen LogP) is 8.68. The van der Waals surface area contributed by atoms with Crippen molar-refractivity contribution in [2.45, 2.75) is 53.6 Å². The molecule has 2 heterocycles. The molecule has 4 nitrogen and oxygen atoms in total. The van der Waals surface area contributed by atoms with Gasteiger partial charge in [-0.1, -0.05) is 48.6 Å². The van der Waals surface area contributed by atoms with Crippen molar-refractivity contribution in [3.8, 4) is 0 Å². The van der Waals surface area contributed by atoms with Gasteiger partial charge in [0.25, 0.3) is 0 Å². The zero-order chi connectivity index (χ0) is 29.6. The molecular weight excluding hydrogens is 536 g/mol. The van der Waals surface area contributed by atoms with E-state index in [-0.39, 0.29) is 14.9 Å². The molecular formula is C40H54N4. The van der Waals surface area contributed by atoms with Crippen molar-refractivity contribution in [1.82, 2.24) is 0 Å². The molecule has 2 aromatic heterocycles. The first-order valence-electron chi connectivity index (χ1n) is 15.7. The van der Waals surface area contributed by atoms with Crippen LogP contribution in [-0.2, 0) is 13.1 Å². The lowest BCUT2D eigenvalue weighted by molar-refractivity contribution is -0.708. The molecule has 0 bridgehead atoms. The Morgan fingerprint density at radius 1 is 0.432 bits per heavy atom. The molecule has 2 aromatic carbocycles. The topological polar surface area (TPSA) is 14.2 Å². The number of anilines is 2. The van der Waals surface area contributed by atoms with Crippen molar-refractivity contribution in [2.24, 2.45) is 0 Å². The van der Waals surface area contributed by atoms with E-state index in [4.69, 9.17) is 0 Å². The zero-order valence-corrected chi connectivity index (χ0v) is 28.0. The molecule has 0 aliphatic heterocycles. The lowest BCUT2D eigenvalue weighted by Gasteiger charge is -2.20. The third-order valence-corrected chi connectivity index (χ3v) is 7.90. The minimum absolute atomic E-state index is 0. The first kappa shape index (κ1) is 36.0. The number of pyridine rings is 2. The van der Waals surface area contributed by atoms with E-state index in [2.05, 4.69) is 169 Å². The van der Waals surface area contributed by atoms with Crippen LogP contribution in [0.15, 0.2) is 97.6 Å². The highest BCUT2D eigenvalue weighted by molar-refractivity contribution is 5.71. The smallest absolute Gasteiger partial charge is 0.169 e. The molecule has 0 unspecified atom stereocenters. The van der Waals surface area contributed by atoms with E-state index >= 15 is 0 Å². The van der Waals surface area contributed by atoms with Gasteiger partial charge in [-0.2, -0.15) is 0 Å². The standard InChI is InChI=1S/C38H48N4.2CH3/c1-5-41(6-2)37-19-15-33(16-20-37)11-13-35-23-29-39(30-24-35)27-9-10-28-40-31-25-36(26-32-40)14-12-34-17-21-38(22-18-34)42(7-3)8-4;;/h11-26,29-32H,5-10,27-28H2,1-4H3;2*1H3/q+2;2*-1. The number of unbranched alkanes of at least 4 members (excludes halogenated alkanes) is 1. The summed E-state index contributed by atoms with van der Waals surface area (Å²) in [5.41, 5.74) is 7.47. The van der Waals surface area contributed by atoms with Gasteiger partial charge in [-0.3, -0.25) is 0 Å². The molecule has 0 saturated carbocycles. The molecule has 0 amide bonds. The van der Waals surface area contributed by atoms with Crippen molar-refractivity contribution in [2.75, 3.05) is 36.0 Å². The molecule has 0 radical (unpaired) electrons.